The van der Waals surface area contributed by atoms with E-state index in [4.69, 9.17) is 5.73 Å². The lowest BCUT2D eigenvalue weighted by atomic mass is 10.1. The van der Waals surface area contributed by atoms with Crippen molar-refractivity contribution in [3.63, 3.8) is 0 Å². The maximum absolute atomic E-state index is 5.77. The highest BCUT2D eigenvalue weighted by molar-refractivity contribution is 9.10. The van der Waals surface area contributed by atoms with Crippen LogP contribution < -0.4 is 10.6 Å². The van der Waals surface area contributed by atoms with Crippen molar-refractivity contribution in [1.29, 1.82) is 0 Å². The fourth-order valence-electron chi connectivity index (χ4n) is 1.81. The maximum atomic E-state index is 5.77. The largest absolute Gasteiger partial charge is 0.374 e. The summed E-state index contributed by atoms with van der Waals surface area (Å²) in [6.07, 6.45) is 1.15. The second-order valence-corrected chi connectivity index (χ2v) is 5.47. The normalized spacial score (nSPS) is 10.9. The molecular weight excluding hydrogens is 278 g/mol. The third-order valence-electron chi connectivity index (χ3n) is 2.78. The predicted molar refractivity (Wildman–Crippen MR) is 78.5 cm³/mol. The zero-order valence-electron chi connectivity index (χ0n) is 10.9. The molecule has 3 nitrogen and oxygen atoms in total. The van der Waals surface area contributed by atoms with Crippen LogP contribution in [0.3, 0.4) is 0 Å². The smallest absolute Gasteiger partial charge is 0.0420 e. The summed E-state index contributed by atoms with van der Waals surface area (Å²) in [6.45, 7) is 2.73. The van der Waals surface area contributed by atoms with E-state index in [1.807, 2.05) is 6.07 Å². The van der Waals surface area contributed by atoms with Crippen molar-refractivity contribution >= 4 is 21.6 Å². The first-order chi connectivity index (χ1) is 8.04. The Balaban J connectivity index is 2.66. The first-order valence-electron chi connectivity index (χ1n) is 5.89. The first-order valence-corrected chi connectivity index (χ1v) is 6.68. The second-order valence-electron chi connectivity index (χ2n) is 4.56. The molecule has 2 N–H and O–H groups in total. The van der Waals surface area contributed by atoms with E-state index in [0.717, 1.165) is 24.0 Å². The predicted octanol–water partition coefficient (Wildman–Crippen LogP) is 2.30. The second kappa shape index (κ2) is 6.99. The molecule has 0 heterocycles. The fourth-order valence-corrected chi connectivity index (χ4v) is 2.16. The Labute approximate surface area is 113 Å². The van der Waals surface area contributed by atoms with E-state index in [9.17, 15) is 0 Å². The molecule has 0 radical (unpaired) electrons. The van der Waals surface area contributed by atoms with Crippen molar-refractivity contribution < 1.29 is 0 Å². The van der Waals surface area contributed by atoms with Crippen molar-refractivity contribution in [3.8, 4) is 0 Å². The molecule has 0 bridgehead atoms. The van der Waals surface area contributed by atoms with Gasteiger partial charge in [0, 0.05) is 30.3 Å². The van der Waals surface area contributed by atoms with E-state index in [1.165, 1.54) is 11.3 Å². The highest BCUT2D eigenvalue weighted by atomic mass is 79.9. The van der Waals surface area contributed by atoms with Crippen LogP contribution in [-0.2, 0) is 6.54 Å². The molecule has 1 aromatic carbocycles. The van der Waals surface area contributed by atoms with Crippen molar-refractivity contribution in [2.75, 3.05) is 39.1 Å². The average Bonchev–Trinajstić information content (AvgIpc) is 2.28. The Morgan fingerprint density at radius 3 is 2.47 bits per heavy atom. The van der Waals surface area contributed by atoms with Gasteiger partial charge in [-0.15, -0.1) is 0 Å². The zero-order chi connectivity index (χ0) is 12.8. The summed E-state index contributed by atoms with van der Waals surface area (Å²) in [5.41, 5.74) is 8.18. The number of halogens is 1. The first kappa shape index (κ1) is 14.5. The molecule has 0 aliphatic carbocycles. The number of benzene rings is 1. The molecular formula is C13H22BrN3. The molecule has 0 amide bonds. The maximum Gasteiger partial charge on any atom is 0.0420 e. The van der Waals surface area contributed by atoms with Crippen LogP contribution in [0.5, 0.6) is 0 Å². The van der Waals surface area contributed by atoms with Crippen LogP contribution in [0.1, 0.15) is 12.0 Å². The highest BCUT2D eigenvalue weighted by Crippen LogP contribution is 2.24. The Kier molecular flexibility index (Phi) is 5.95. The molecule has 0 saturated carbocycles. The number of hydrogen-bond acceptors (Lipinski definition) is 3. The van der Waals surface area contributed by atoms with E-state index in [2.05, 4.69) is 59.0 Å². The third-order valence-corrected chi connectivity index (χ3v) is 3.27. The van der Waals surface area contributed by atoms with E-state index in [1.54, 1.807) is 0 Å². The Bertz CT molecular complexity index is 353. The third kappa shape index (κ3) is 4.66. The van der Waals surface area contributed by atoms with Gasteiger partial charge in [0.15, 0.2) is 0 Å². The molecule has 1 rings (SSSR count). The molecule has 0 saturated heterocycles. The van der Waals surface area contributed by atoms with Gasteiger partial charge >= 0.3 is 0 Å². The standard InChI is InChI=1S/C13H22BrN3/c1-16(2)7-4-8-17(3)13-9-12(14)6-5-11(13)10-15/h5-6,9H,4,7-8,10,15H2,1-3H3. The lowest BCUT2D eigenvalue weighted by Gasteiger charge is -2.23. The van der Waals surface area contributed by atoms with Crippen LogP contribution in [0, 0.1) is 0 Å². The number of nitrogens with zero attached hydrogens (tertiary/aromatic N) is 2. The lowest BCUT2D eigenvalue weighted by Crippen LogP contribution is -2.24. The minimum Gasteiger partial charge on any atom is -0.374 e. The Hall–Kier alpha value is -0.580. The molecule has 0 spiro atoms. The summed E-state index contributed by atoms with van der Waals surface area (Å²) in [5.74, 6) is 0. The van der Waals surface area contributed by atoms with Gasteiger partial charge in [-0.3, -0.25) is 0 Å². The van der Waals surface area contributed by atoms with Crippen LogP contribution >= 0.6 is 15.9 Å². The molecule has 0 aliphatic rings. The number of nitrogens with two attached hydrogens (primary N) is 1. The van der Waals surface area contributed by atoms with Crippen molar-refractivity contribution in [1.82, 2.24) is 4.90 Å². The minimum absolute atomic E-state index is 0.584. The fraction of sp³-hybridized carbons (Fsp3) is 0.538. The summed E-state index contributed by atoms with van der Waals surface area (Å²) < 4.78 is 1.10. The van der Waals surface area contributed by atoms with Crippen molar-refractivity contribution in [2.24, 2.45) is 5.73 Å². The van der Waals surface area contributed by atoms with Gasteiger partial charge in [-0.05, 0) is 44.8 Å². The lowest BCUT2D eigenvalue weighted by molar-refractivity contribution is 0.401. The quantitative estimate of drug-likeness (QED) is 0.875. The van der Waals surface area contributed by atoms with Crippen molar-refractivity contribution in [2.45, 2.75) is 13.0 Å². The minimum atomic E-state index is 0.584. The molecule has 0 aromatic heterocycles. The molecule has 0 aliphatic heterocycles. The summed E-state index contributed by atoms with van der Waals surface area (Å²) >= 11 is 3.51. The number of hydrogen-bond donors (Lipinski definition) is 1. The van der Waals surface area contributed by atoms with Gasteiger partial charge in [0.1, 0.15) is 0 Å². The molecule has 0 atom stereocenters. The zero-order valence-corrected chi connectivity index (χ0v) is 12.5. The molecule has 0 unspecified atom stereocenters. The van der Waals surface area contributed by atoms with Gasteiger partial charge in [-0.1, -0.05) is 22.0 Å². The van der Waals surface area contributed by atoms with Gasteiger partial charge in [0.05, 0.1) is 0 Å². The van der Waals surface area contributed by atoms with Gasteiger partial charge in [-0.25, -0.2) is 0 Å². The van der Waals surface area contributed by atoms with Gasteiger partial charge in [-0.2, -0.15) is 0 Å². The van der Waals surface area contributed by atoms with Crippen LogP contribution in [0.4, 0.5) is 5.69 Å². The number of rotatable bonds is 6. The van der Waals surface area contributed by atoms with Crippen molar-refractivity contribution in [3.05, 3.63) is 28.2 Å². The van der Waals surface area contributed by atoms with E-state index >= 15 is 0 Å². The highest BCUT2D eigenvalue weighted by Gasteiger charge is 2.07. The molecule has 0 fully saturated rings. The summed E-state index contributed by atoms with van der Waals surface area (Å²) in [5, 5.41) is 0. The van der Waals surface area contributed by atoms with Gasteiger partial charge in [0.25, 0.3) is 0 Å². The Morgan fingerprint density at radius 1 is 1.18 bits per heavy atom. The molecule has 4 heteroatoms. The van der Waals surface area contributed by atoms with Crippen LogP contribution in [0.2, 0.25) is 0 Å². The van der Waals surface area contributed by atoms with Crippen LogP contribution in [0.15, 0.2) is 22.7 Å². The SMILES string of the molecule is CN(C)CCCN(C)c1cc(Br)ccc1CN. The molecule has 1 aromatic rings. The van der Waals surface area contributed by atoms with Crippen LogP contribution in [0.25, 0.3) is 0 Å². The van der Waals surface area contributed by atoms with Gasteiger partial charge in [0.2, 0.25) is 0 Å². The van der Waals surface area contributed by atoms with E-state index in [-0.39, 0.29) is 0 Å². The van der Waals surface area contributed by atoms with Crippen LogP contribution in [-0.4, -0.2) is 39.1 Å². The van der Waals surface area contributed by atoms with Gasteiger partial charge < -0.3 is 15.5 Å². The monoisotopic (exact) mass is 299 g/mol. The average molecular weight is 300 g/mol. The summed E-state index contributed by atoms with van der Waals surface area (Å²) in [6, 6.07) is 6.26. The topological polar surface area (TPSA) is 32.5 Å². The van der Waals surface area contributed by atoms with E-state index < -0.39 is 0 Å². The number of anilines is 1. The Morgan fingerprint density at radius 2 is 1.88 bits per heavy atom. The molecule has 96 valence electrons. The summed E-state index contributed by atoms with van der Waals surface area (Å²) in [7, 11) is 6.32. The van der Waals surface area contributed by atoms with E-state index in [0.29, 0.717) is 6.54 Å². The molecule has 17 heavy (non-hydrogen) atoms. The summed E-state index contributed by atoms with van der Waals surface area (Å²) in [4.78, 5) is 4.48.